The third kappa shape index (κ3) is 5.47. The molecule has 2 aliphatic heterocycles. The second-order valence-corrected chi connectivity index (χ2v) is 10.3. The summed E-state index contributed by atoms with van der Waals surface area (Å²) < 4.78 is 50.8. The number of esters is 1. The molecule has 38 heavy (non-hydrogen) atoms. The van der Waals surface area contributed by atoms with Crippen LogP contribution in [0.1, 0.15) is 24.0 Å². The Hall–Kier alpha value is -2.85. The molecule has 1 aromatic heterocycles. The third-order valence-corrected chi connectivity index (χ3v) is 7.76. The third-order valence-electron chi connectivity index (χ3n) is 7.02. The Kier molecular flexibility index (Phi) is 7.55. The van der Waals surface area contributed by atoms with Crippen molar-refractivity contribution in [2.24, 2.45) is 5.41 Å². The molecule has 2 saturated heterocycles. The van der Waals surface area contributed by atoms with Crippen LogP contribution in [0.5, 0.6) is 17.2 Å². The minimum absolute atomic E-state index is 0.242. The number of benzene rings is 2. The number of piperidine rings is 1. The lowest BCUT2D eigenvalue weighted by Gasteiger charge is -2.57. The van der Waals surface area contributed by atoms with E-state index in [0.717, 1.165) is 43.8 Å². The zero-order chi connectivity index (χ0) is 26.9. The number of rotatable bonds is 6. The summed E-state index contributed by atoms with van der Waals surface area (Å²) in [5.74, 6) is 0.0262. The van der Waals surface area contributed by atoms with Gasteiger partial charge in [0.2, 0.25) is 0 Å². The molecule has 0 aliphatic carbocycles. The maximum absolute atomic E-state index is 13.4. The Bertz CT molecular complexity index is 1330. The number of nitrogens with zero attached hydrogens (tertiary/aromatic N) is 2. The van der Waals surface area contributed by atoms with Crippen LogP contribution in [-0.4, -0.2) is 41.5 Å². The van der Waals surface area contributed by atoms with Crippen molar-refractivity contribution in [2.45, 2.75) is 31.6 Å². The molecule has 0 bridgehead atoms. The van der Waals surface area contributed by atoms with Crippen LogP contribution in [0.15, 0.2) is 60.9 Å². The maximum atomic E-state index is 13.4. The van der Waals surface area contributed by atoms with Crippen LogP contribution >= 0.6 is 23.2 Å². The van der Waals surface area contributed by atoms with Crippen molar-refractivity contribution in [2.75, 3.05) is 19.6 Å². The van der Waals surface area contributed by atoms with Crippen LogP contribution in [0.2, 0.25) is 10.0 Å². The molecule has 2 aromatic carbocycles. The number of aromatic nitrogens is 1. The average Bonchev–Trinajstić information content (AvgIpc) is 2.87. The van der Waals surface area contributed by atoms with Gasteiger partial charge in [0.15, 0.2) is 0 Å². The molecule has 200 valence electrons. The molecule has 3 aromatic rings. The van der Waals surface area contributed by atoms with Gasteiger partial charge in [0.05, 0.1) is 21.8 Å². The van der Waals surface area contributed by atoms with Gasteiger partial charge in [-0.3, -0.25) is 9.88 Å². The summed E-state index contributed by atoms with van der Waals surface area (Å²) in [4.78, 5) is 18.9. The van der Waals surface area contributed by atoms with Gasteiger partial charge in [-0.2, -0.15) is 13.2 Å². The molecule has 5 rings (SSSR count). The normalized spacial score (nSPS) is 19.1. The van der Waals surface area contributed by atoms with E-state index in [-0.39, 0.29) is 11.2 Å². The van der Waals surface area contributed by atoms with Gasteiger partial charge in [0, 0.05) is 24.7 Å². The van der Waals surface area contributed by atoms with Crippen LogP contribution in [0.4, 0.5) is 13.2 Å². The Labute approximate surface area is 227 Å². The van der Waals surface area contributed by atoms with Crippen LogP contribution in [0, 0.1) is 5.41 Å². The van der Waals surface area contributed by atoms with Crippen LogP contribution in [0.3, 0.4) is 0 Å². The number of carbonyl (C=O) groups is 1. The first-order valence-electron chi connectivity index (χ1n) is 12.0. The number of nitrogens with one attached hydrogen (secondary N) is 1. The van der Waals surface area contributed by atoms with Crippen LogP contribution in [0.25, 0.3) is 0 Å². The van der Waals surface area contributed by atoms with Crippen molar-refractivity contribution in [3.8, 4) is 17.2 Å². The Morgan fingerprint density at radius 2 is 1.82 bits per heavy atom. The molecule has 11 heteroatoms. The first-order valence-corrected chi connectivity index (χ1v) is 12.8. The standard InChI is InChI=1S/C27H24Cl2F3N3O3/c28-20-5-1-2-6-21(20)38-22-7-3-4-17(23(22)29)15-35-16-26(8-10-33-11-9-26)24(35)25(36)37-19-12-18(13-34-14-19)27(30,31)32/h1-7,12-14,24,33H,8-11,15-16H2. The SMILES string of the molecule is O=C(Oc1cncc(C(F)(F)F)c1)C1N(Cc2cccc(Oc3ccccc3Cl)c2Cl)CC12CCNCC2. The van der Waals surface area contributed by atoms with Gasteiger partial charge < -0.3 is 14.8 Å². The minimum atomic E-state index is -4.60. The monoisotopic (exact) mass is 565 g/mol. The number of pyridine rings is 1. The number of likely N-dealkylation sites (tertiary alicyclic amines) is 1. The fourth-order valence-electron chi connectivity index (χ4n) is 5.18. The quantitative estimate of drug-likeness (QED) is 0.351. The molecular weight excluding hydrogens is 542 g/mol. The maximum Gasteiger partial charge on any atom is 0.418 e. The van der Waals surface area contributed by atoms with E-state index in [4.69, 9.17) is 32.7 Å². The molecule has 0 amide bonds. The first kappa shape index (κ1) is 26.7. The van der Waals surface area contributed by atoms with Gasteiger partial charge in [-0.25, -0.2) is 4.79 Å². The van der Waals surface area contributed by atoms with Gasteiger partial charge in [-0.05, 0) is 55.8 Å². The highest BCUT2D eigenvalue weighted by Crippen LogP contribution is 2.47. The number of hydrogen-bond donors (Lipinski definition) is 1. The van der Waals surface area contributed by atoms with E-state index in [2.05, 4.69) is 10.3 Å². The van der Waals surface area contributed by atoms with E-state index in [9.17, 15) is 18.0 Å². The van der Waals surface area contributed by atoms with Crippen molar-refractivity contribution in [3.63, 3.8) is 0 Å². The number of carbonyl (C=O) groups excluding carboxylic acids is 1. The fourth-order valence-corrected chi connectivity index (χ4v) is 5.58. The average molecular weight is 566 g/mol. The van der Waals surface area contributed by atoms with E-state index in [1.54, 1.807) is 36.4 Å². The highest BCUT2D eigenvalue weighted by Gasteiger charge is 2.57. The smallest absolute Gasteiger partial charge is 0.418 e. The number of halogens is 5. The van der Waals surface area contributed by atoms with E-state index >= 15 is 0 Å². The second-order valence-electron chi connectivity index (χ2n) is 9.51. The van der Waals surface area contributed by atoms with Crippen molar-refractivity contribution in [1.29, 1.82) is 0 Å². The van der Waals surface area contributed by atoms with Crippen molar-refractivity contribution >= 4 is 29.2 Å². The van der Waals surface area contributed by atoms with Gasteiger partial charge in [0.1, 0.15) is 23.3 Å². The molecule has 6 nitrogen and oxygen atoms in total. The molecule has 1 spiro atoms. The topological polar surface area (TPSA) is 63.7 Å². The lowest BCUT2D eigenvalue weighted by Crippen LogP contribution is -2.70. The largest absolute Gasteiger partial charge is 0.454 e. The Morgan fingerprint density at radius 3 is 2.55 bits per heavy atom. The predicted molar refractivity (Wildman–Crippen MR) is 137 cm³/mol. The highest BCUT2D eigenvalue weighted by molar-refractivity contribution is 6.33. The zero-order valence-electron chi connectivity index (χ0n) is 20.1. The van der Waals surface area contributed by atoms with E-state index in [1.165, 1.54) is 0 Å². The molecule has 2 fully saturated rings. The van der Waals surface area contributed by atoms with Crippen molar-refractivity contribution < 1.29 is 27.4 Å². The van der Waals surface area contributed by atoms with E-state index in [1.807, 2.05) is 11.0 Å². The Morgan fingerprint density at radius 1 is 1.08 bits per heavy atom. The molecule has 0 radical (unpaired) electrons. The van der Waals surface area contributed by atoms with Crippen LogP contribution in [-0.2, 0) is 17.5 Å². The molecule has 3 heterocycles. The molecule has 1 atom stereocenters. The molecule has 1 unspecified atom stereocenters. The van der Waals surface area contributed by atoms with Crippen molar-refractivity contribution in [1.82, 2.24) is 15.2 Å². The van der Waals surface area contributed by atoms with Crippen LogP contribution < -0.4 is 14.8 Å². The Balaban J connectivity index is 1.37. The zero-order valence-corrected chi connectivity index (χ0v) is 21.6. The van der Waals surface area contributed by atoms with Gasteiger partial charge in [-0.1, -0.05) is 47.5 Å². The lowest BCUT2D eigenvalue weighted by atomic mass is 9.65. The van der Waals surface area contributed by atoms with E-state index < -0.39 is 23.8 Å². The van der Waals surface area contributed by atoms with Gasteiger partial charge in [0.25, 0.3) is 0 Å². The fraction of sp³-hybridized carbons (Fsp3) is 0.333. The number of ether oxygens (including phenoxy) is 2. The number of para-hydroxylation sites is 1. The summed E-state index contributed by atoms with van der Waals surface area (Å²) in [6.07, 6.45) is -1.30. The highest BCUT2D eigenvalue weighted by atomic mass is 35.5. The molecular formula is C27H24Cl2F3N3O3. The lowest BCUT2D eigenvalue weighted by molar-refractivity contribution is -0.167. The number of alkyl halides is 3. The van der Waals surface area contributed by atoms with Gasteiger partial charge >= 0.3 is 12.1 Å². The number of hydrogen-bond acceptors (Lipinski definition) is 6. The summed E-state index contributed by atoms with van der Waals surface area (Å²) in [6.45, 7) is 2.44. The summed E-state index contributed by atoms with van der Waals surface area (Å²) in [5, 5.41) is 4.12. The van der Waals surface area contributed by atoms with Crippen molar-refractivity contribution in [3.05, 3.63) is 82.1 Å². The second kappa shape index (κ2) is 10.7. The summed E-state index contributed by atoms with van der Waals surface area (Å²) >= 11 is 12.9. The predicted octanol–water partition coefficient (Wildman–Crippen LogP) is 6.36. The van der Waals surface area contributed by atoms with E-state index in [0.29, 0.717) is 40.8 Å². The molecule has 2 aliphatic rings. The first-order chi connectivity index (χ1) is 18.2. The summed E-state index contributed by atoms with van der Waals surface area (Å²) in [6, 6.07) is 12.5. The minimum Gasteiger partial charge on any atom is -0.454 e. The summed E-state index contributed by atoms with van der Waals surface area (Å²) in [7, 11) is 0. The van der Waals surface area contributed by atoms with Gasteiger partial charge in [-0.15, -0.1) is 0 Å². The molecule has 0 saturated carbocycles. The summed E-state index contributed by atoms with van der Waals surface area (Å²) in [5.41, 5.74) is -0.583. The molecule has 1 N–H and O–H groups in total.